The summed E-state index contributed by atoms with van der Waals surface area (Å²) in [4.78, 5) is 26.9. The van der Waals surface area contributed by atoms with E-state index in [2.05, 4.69) is 26.2 Å². The summed E-state index contributed by atoms with van der Waals surface area (Å²) in [6, 6.07) is 3.71. The van der Waals surface area contributed by atoms with Gasteiger partial charge in [-0.25, -0.2) is 9.37 Å². The lowest BCUT2D eigenvalue weighted by molar-refractivity contribution is 0.100. The normalized spacial score (nSPS) is 10.2. The molecular formula is C11H7BrFN3O2S. The van der Waals surface area contributed by atoms with Crippen LogP contribution in [0.5, 0.6) is 0 Å². The molecule has 0 saturated heterocycles. The fraction of sp³-hybridized carbons (Fsp3) is 0. The Morgan fingerprint density at radius 3 is 2.74 bits per heavy atom. The Balaban J connectivity index is 2.18. The van der Waals surface area contributed by atoms with Crippen LogP contribution in [-0.4, -0.2) is 16.8 Å². The molecule has 0 aliphatic heterocycles. The van der Waals surface area contributed by atoms with Gasteiger partial charge in [0.15, 0.2) is 5.13 Å². The largest absolute Gasteiger partial charge is 0.365 e. The van der Waals surface area contributed by atoms with Crippen molar-refractivity contribution in [2.45, 2.75) is 0 Å². The van der Waals surface area contributed by atoms with Gasteiger partial charge in [-0.2, -0.15) is 0 Å². The molecule has 8 heteroatoms. The number of amides is 2. The summed E-state index contributed by atoms with van der Waals surface area (Å²) in [6.45, 7) is 0. The summed E-state index contributed by atoms with van der Waals surface area (Å²) in [6.07, 6.45) is 1.28. The van der Waals surface area contributed by atoms with Crippen LogP contribution in [0, 0.1) is 5.82 Å². The van der Waals surface area contributed by atoms with Crippen LogP contribution in [0.15, 0.2) is 28.9 Å². The van der Waals surface area contributed by atoms with E-state index < -0.39 is 17.6 Å². The molecule has 2 aromatic rings. The Bertz CT molecular complexity index is 659. The first-order chi connectivity index (χ1) is 8.97. The minimum absolute atomic E-state index is 0.244. The number of nitrogens with zero attached hydrogens (tertiary/aromatic N) is 1. The second-order valence-corrected chi connectivity index (χ2v) is 5.36. The van der Waals surface area contributed by atoms with Crippen molar-refractivity contribution in [3.63, 3.8) is 0 Å². The Labute approximate surface area is 119 Å². The number of hydrogen-bond donors (Lipinski definition) is 2. The zero-order chi connectivity index (χ0) is 14.0. The first-order valence-electron chi connectivity index (χ1n) is 4.99. The second-order valence-electron chi connectivity index (χ2n) is 3.47. The molecule has 1 heterocycles. The Morgan fingerprint density at radius 2 is 2.16 bits per heavy atom. The van der Waals surface area contributed by atoms with Gasteiger partial charge in [-0.3, -0.25) is 14.9 Å². The van der Waals surface area contributed by atoms with Gasteiger partial charge in [-0.1, -0.05) is 11.3 Å². The first kappa shape index (κ1) is 13.6. The van der Waals surface area contributed by atoms with Crippen molar-refractivity contribution >= 4 is 44.2 Å². The number of rotatable bonds is 3. The van der Waals surface area contributed by atoms with Crippen LogP contribution >= 0.6 is 27.3 Å². The van der Waals surface area contributed by atoms with E-state index in [1.807, 2.05) is 0 Å². The molecule has 0 unspecified atom stereocenters. The summed E-state index contributed by atoms with van der Waals surface area (Å²) in [5.74, 6) is -1.52. The zero-order valence-corrected chi connectivity index (χ0v) is 11.7. The van der Waals surface area contributed by atoms with Gasteiger partial charge in [0.05, 0.1) is 11.8 Å². The monoisotopic (exact) mass is 343 g/mol. The fourth-order valence-electron chi connectivity index (χ4n) is 1.28. The Morgan fingerprint density at radius 1 is 1.42 bits per heavy atom. The van der Waals surface area contributed by atoms with Gasteiger partial charge < -0.3 is 5.73 Å². The number of thiazole rings is 1. The molecular weight excluding hydrogens is 337 g/mol. The van der Waals surface area contributed by atoms with Gasteiger partial charge in [0, 0.05) is 4.47 Å². The molecule has 1 aromatic carbocycles. The topological polar surface area (TPSA) is 85.1 Å². The number of primary amides is 1. The lowest BCUT2D eigenvalue weighted by Crippen LogP contribution is -2.12. The quantitative estimate of drug-likeness (QED) is 0.897. The molecule has 0 spiro atoms. The van der Waals surface area contributed by atoms with Gasteiger partial charge >= 0.3 is 0 Å². The van der Waals surface area contributed by atoms with Crippen LogP contribution in [0.4, 0.5) is 9.52 Å². The number of benzene rings is 1. The molecule has 19 heavy (non-hydrogen) atoms. The van der Waals surface area contributed by atoms with E-state index in [0.717, 1.165) is 11.3 Å². The van der Waals surface area contributed by atoms with Crippen molar-refractivity contribution in [2.75, 3.05) is 5.32 Å². The number of halogens is 2. The molecule has 0 fully saturated rings. The summed E-state index contributed by atoms with van der Waals surface area (Å²) in [5.41, 5.74) is 5.34. The maximum absolute atomic E-state index is 12.9. The summed E-state index contributed by atoms with van der Waals surface area (Å²) < 4.78 is 13.2. The van der Waals surface area contributed by atoms with Crippen LogP contribution in [-0.2, 0) is 0 Å². The maximum atomic E-state index is 12.9. The summed E-state index contributed by atoms with van der Waals surface area (Å²) in [7, 11) is 0. The molecule has 0 aliphatic carbocycles. The second kappa shape index (κ2) is 5.45. The van der Waals surface area contributed by atoms with Gasteiger partial charge in [0.2, 0.25) is 0 Å². The smallest absolute Gasteiger partial charge is 0.260 e. The SMILES string of the molecule is NC(=O)c1cnc(NC(=O)c2ccc(F)cc2Br)s1. The van der Waals surface area contributed by atoms with Crippen LogP contribution < -0.4 is 11.1 Å². The minimum Gasteiger partial charge on any atom is -0.365 e. The highest BCUT2D eigenvalue weighted by Crippen LogP contribution is 2.22. The number of hydrogen-bond acceptors (Lipinski definition) is 4. The highest BCUT2D eigenvalue weighted by atomic mass is 79.9. The van der Waals surface area contributed by atoms with Crippen LogP contribution in [0.25, 0.3) is 0 Å². The fourth-order valence-corrected chi connectivity index (χ4v) is 2.48. The van der Waals surface area contributed by atoms with Crippen molar-refractivity contribution in [3.8, 4) is 0 Å². The molecule has 2 rings (SSSR count). The van der Waals surface area contributed by atoms with E-state index in [9.17, 15) is 14.0 Å². The molecule has 0 atom stereocenters. The minimum atomic E-state index is -0.610. The lowest BCUT2D eigenvalue weighted by Gasteiger charge is -2.03. The standard InChI is InChI=1S/C11H7BrFN3O2S/c12-7-3-5(13)1-2-6(7)10(18)16-11-15-4-8(19-11)9(14)17/h1-4H,(H2,14,17)(H,15,16,18). The van der Waals surface area contributed by atoms with E-state index in [1.165, 1.54) is 24.4 Å². The average molecular weight is 344 g/mol. The van der Waals surface area contributed by atoms with E-state index in [4.69, 9.17) is 5.73 Å². The Hall–Kier alpha value is -1.80. The van der Waals surface area contributed by atoms with E-state index in [-0.39, 0.29) is 15.6 Å². The lowest BCUT2D eigenvalue weighted by atomic mass is 10.2. The van der Waals surface area contributed by atoms with Gasteiger partial charge in [-0.05, 0) is 34.1 Å². The van der Waals surface area contributed by atoms with Crippen molar-refractivity contribution < 1.29 is 14.0 Å². The molecule has 0 aliphatic rings. The summed E-state index contributed by atoms with van der Waals surface area (Å²) in [5, 5.41) is 2.75. The number of carbonyl (C=O) groups excluding carboxylic acids is 2. The van der Waals surface area contributed by atoms with Gasteiger partial charge in [-0.15, -0.1) is 0 Å². The summed E-state index contributed by atoms with van der Waals surface area (Å²) >= 11 is 4.06. The van der Waals surface area contributed by atoms with E-state index in [1.54, 1.807) is 0 Å². The predicted octanol–water partition coefficient (Wildman–Crippen LogP) is 2.40. The van der Waals surface area contributed by atoms with Gasteiger partial charge in [0.1, 0.15) is 10.7 Å². The van der Waals surface area contributed by atoms with Crippen LogP contribution in [0.2, 0.25) is 0 Å². The maximum Gasteiger partial charge on any atom is 0.260 e. The van der Waals surface area contributed by atoms with Gasteiger partial charge in [0.25, 0.3) is 11.8 Å². The molecule has 3 N–H and O–H groups in total. The third-order valence-electron chi connectivity index (χ3n) is 2.14. The first-order valence-corrected chi connectivity index (χ1v) is 6.60. The van der Waals surface area contributed by atoms with Crippen molar-refractivity contribution in [1.82, 2.24) is 4.98 Å². The number of anilines is 1. The molecule has 0 saturated carbocycles. The number of aromatic nitrogens is 1. The number of nitrogens with one attached hydrogen (secondary N) is 1. The molecule has 2 amide bonds. The highest BCUT2D eigenvalue weighted by molar-refractivity contribution is 9.10. The third kappa shape index (κ3) is 3.15. The van der Waals surface area contributed by atoms with Crippen molar-refractivity contribution in [2.24, 2.45) is 5.73 Å². The highest BCUT2D eigenvalue weighted by Gasteiger charge is 2.14. The van der Waals surface area contributed by atoms with Crippen molar-refractivity contribution in [3.05, 3.63) is 45.1 Å². The number of carbonyl (C=O) groups is 2. The van der Waals surface area contributed by atoms with E-state index in [0.29, 0.717) is 4.47 Å². The van der Waals surface area contributed by atoms with Crippen molar-refractivity contribution in [1.29, 1.82) is 0 Å². The molecule has 0 radical (unpaired) electrons. The van der Waals surface area contributed by atoms with Crippen LogP contribution in [0.1, 0.15) is 20.0 Å². The predicted molar refractivity (Wildman–Crippen MR) is 72.7 cm³/mol. The zero-order valence-electron chi connectivity index (χ0n) is 9.31. The molecule has 98 valence electrons. The molecule has 5 nitrogen and oxygen atoms in total. The third-order valence-corrected chi connectivity index (χ3v) is 3.73. The number of nitrogens with two attached hydrogens (primary N) is 1. The molecule has 0 bridgehead atoms. The van der Waals surface area contributed by atoms with E-state index >= 15 is 0 Å². The molecule has 1 aromatic heterocycles. The Kier molecular flexibility index (Phi) is 3.91. The van der Waals surface area contributed by atoms with Crippen LogP contribution in [0.3, 0.4) is 0 Å². The average Bonchev–Trinajstić information content (AvgIpc) is 2.77.